The maximum atomic E-state index is 11.9. The Morgan fingerprint density at radius 2 is 1.81 bits per heavy atom. The van der Waals surface area contributed by atoms with Crippen molar-refractivity contribution in [3.8, 4) is 5.88 Å². The number of aryl methyl sites for hydroxylation is 2. The lowest BCUT2D eigenvalue weighted by Crippen LogP contribution is -2.27. The fourth-order valence-corrected chi connectivity index (χ4v) is 2.41. The molecule has 0 fully saturated rings. The summed E-state index contributed by atoms with van der Waals surface area (Å²) in [5, 5.41) is 8.34. The minimum Gasteiger partial charge on any atom is -0.480 e. The van der Waals surface area contributed by atoms with Crippen LogP contribution in [0.3, 0.4) is 0 Å². The van der Waals surface area contributed by atoms with Crippen LogP contribution in [-0.2, 0) is 4.79 Å². The molecule has 1 heterocycles. The van der Waals surface area contributed by atoms with E-state index in [9.17, 15) is 9.59 Å². The van der Waals surface area contributed by atoms with Crippen LogP contribution in [0, 0.1) is 13.8 Å². The molecule has 0 aliphatic carbocycles. The standard InChI is InChI=1S/C17H22N6O3/c1-9-5-10(2)7-11(6-9)21-15-13(14(18)25)16(26-4)23-17(22-15)20-8-12(24)19-3/h5-7H,8H2,1-4H3,(H2,18,25)(H,19,24)(H2,20,21,22,23). The normalized spacial score (nSPS) is 10.2. The molecule has 2 rings (SSSR count). The number of anilines is 3. The van der Waals surface area contributed by atoms with Gasteiger partial charge in [0.05, 0.1) is 13.7 Å². The van der Waals surface area contributed by atoms with E-state index in [1.807, 2.05) is 32.0 Å². The first-order valence-corrected chi connectivity index (χ1v) is 7.89. The minimum atomic E-state index is -0.730. The van der Waals surface area contributed by atoms with Gasteiger partial charge >= 0.3 is 0 Å². The Morgan fingerprint density at radius 1 is 1.15 bits per heavy atom. The molecule has 1 aromatic carbocycles. The second kappa shape index (κ2) is 8.15. The fourth-order valence-electron chi connectivity index (χ4n) is 2.41. The van der Waals surface area contributed by atoms with Crippen molar-refractivity contribution in [3.63, 3.8) is 0 Å². The molecule has 0 bridgehead atoms. The third kappa shape index (κ3) is 4.59. The molecule has 0 saturated carbocycles. The highest BCUT2D eigenvalue weighted by atomic mass is 16.5. The van der Waals surface area contributed by atoms with Crippen LogP contribution in [0.5, 0.6) is 5.88 Å². The monoisotopic (exact) mass is 358 g/mol. The number of amides is 2. The van der Waals surface area contributed by atoms with Crippen molar-refractivity contribution in [3.05, 3.63) is 34.9 Å². The molecule has 0 unspecified atom stereocenters. The smallest absolute Gasteiger partial charge is 0.258 e. The van der Waals surface area contributed by atoms with Crippen LogP contribution in [0.4, 0.5) is 17.5 Å². The number of carbonyl (C=O) groups is 2. The van der Waals surface area contributed by atoms with Gasteiger partial charge in [0.25, 0.3) is 5.91 Å². The summed E-state index contributed by atoms with van der Waals surface area (Å²) in [6.07, 6.45) is 0. The van der Waals surface area contributed by atoms with Crippen molar-refractivity contribution in [2.45, 2.75) is 13.8 Å². The van der Waals surface area contributed by atoms with Gasteiger partial charge < -0.3 is 26.4 Å². The van der Waals surface area contributed by atoms with E-state index in [0.717, 1.165) is 16.8 Å². The molecule has 0 aliphatic rings. The van der Waals surface area contributed by atoms with E-state index < -0.39 is 5.91 Å². The lowest BCUT2D eigenvalue weighted by atomic mass is 10.1. The summed E-state index contributed by atoms with van der Waals surface area (Å²) in [6.45, 7) is 3.90. The second-order valence-electron chi connectivity index (χ2n) is 5.67. The first kappa shape index (κ1) is 19.0. The van der Waals surface area contributed by atoms with Crippen molar-refractivity contribution in [2.75, 3.05) is 31.3 Å². The number of benzene rings is 1. The van der Waals surface area contributed by atoms with E-state index in [-0.39, 0.29) is 35.7 Å². The number of aromatic nitrogens is 2. The predicted molar refractivity (Wildman–Crippen MR) is 98.9 cm³/mol. The van der Waals surface area contributed by atoms with Crippen molar-refractivity contribution in [2.24, 2.45) is 5.73 Å². The summed E-state index contributed by atoms with van der Waals surface area (Å²) in [4.78, 5) is 31.7. The molecule has 0 saturated heterocycles. The van der Waals surface area contributed by atoms with Gasteiger partial charge in [-0.3, -0.25) is 9.59 Å². The third-order valence-electron chi connectivity index (χ3n) is 3.49. The molecule has 0 radical (unpaired) electrons. The quantitative estimate of drug-likeness (QED) is 0.583. The lowest BCUT2D eigenvalue weighted by molar-refractivity contribution is -0.118. The number of carbonyl (C=O) groups excluding carboxylic acids is 2. The Labute approximate surface area is 151 Å². The Hall–Kier alpha value is -3.36. The summed E-state index contributed by atoms with van der Waals surface area (Å²) in [5.74, 6) is -0.642. The van der Waals surface area contributed by atoms with E-state index in [1.54, 1.807) is 0 Å². The highest BCUT2D eigenvalue weighted by molar-refractivity contribution is 6.00. The first-order valence-electron chi connectivity index (χ1n) is 7.89. The number of nitrogens with zero attached hydrogens (tertiary/aromatic N) is 2. The molecule has 0 aliphatic heterocycles. The van der Waals surface area contributed by atoms with E-state index in [4.69, 9.17) is 10.5 Å². The largest absolute Gasteiger partial charge is 0.480 e. The van der Waals surface area contributed by atoms with Gasteiger partial charge in [-0.25, -0.2) is 0 Å². The van der Waals surface area contributed by atoms with Crippen molar-refractivity contribution in [1.29, 1.82) is 0 Å². The van der Waals surface area contributed by atoms with Crippen molar-refractivity contribution >= 4 is 29.3 Å². The van der Waals surface area contributed by atoms with Crippen LogP contribution in [0.25, 0.3) is 0 Å². The summed E-state index contributed by atoms with van der Waals surface area (Å²) < 4.78 is 5.17. The zero-order valence-electron chi connectivity index (χ0n) is 15.1. The molecule has 138 valence electrons. The maximum absolute atomic E-state index is 11.9. The Balaban J connectivity index is 2.45. The number of likely N-dealkylation sites (N-methyl/N-ethyl adjacent to an activating group) is 1. The van der Waals surface area contributed by atoms with Gasteiger partial charge in [0.15, 0.2) is 5.82 Å². The van der Waals surface area contributed by atoms with Crippen LogP contribution >= 0.6 is 0 Å². The third-order valence-corrected chi connectivity index (χ3v) is 3.49. The Bertz CT molecular complexity index is 817. The van der Waals surface area contributed by atoms with Gasteiger partial charge in [0.2, 0.25) is 17.7 Å². The van der Waals surface area contributed by atoms with Crippen LogP contribution in [-0.4, -0.2) is 42.5 Å². The number of hydrogen-bond acceptors (Lipinski definition) is 7. The SMILES string of the molecule is CNC(=O)CNc1nc(Nc2cc(C)cc(C)c2)c(C(N)=O)c(OC)n1. The molecule has 9 nitrogen and oxygen atoms in total. The topological polar surface area (TPSA) is 131 Å². The molecule has 1 aromatic heterocycles. The molecule has 0 spiro atoms. The van der Waals surface area contributed by atoms with Crippen LogP contribution in [0.15, 0.2) is 18.2 Å². The molecule has 9 heteroatoms. The summed E-state index contributed by atoms with van der Waals surface area (Å²) >= 11 is 0. The number of primary amides is 1. The molecular formula is C17H22N6O3. The van der Waals surface area contributed by atoms with Crippen LogP contribution < -0.4 is 26.4 Å². The second-order valence-corrected chi connectivity index (χ2v) is 5.67. The molecule has 2 amide bonds. The van der Waals surface area contributed by atoms with Gasteiger partial charge in [-0.05, 0) is 37.1 Å². The van der Waals surface area contributed by atoms with Crippen LogP contribution in [0.1, 0.15) is 21.5 Å². The summed E-state index contributed by atoms with van der Waals surface area (Å²) in [5.41, 5.74) is 8.34. The van der Waals surface area contributed by atoms with E-state index in [0.29, 0.717) is 0 Å². The predicted octanol–water partition coefficient (Wildman–Crippen LogP) is 1.10. The molecule has 26 heavy (non-hydrogen) atoms. The average Bonchev–Trinajstić information content (AvgIpc) is 2.57. The van der Waals surface area contributed by atoms with Crippen molar-refractivity contribution < 1.29 is 14.3 Å². The van der Waals surface area contributed by atoms with Gasteiger partial charge in [0.1, 0.15) is 5.56 Å². The number of rotatable bonds is 7. The zero-order valence-corrected chi connectivity index (χ0v) is 15.1. The van der Waals surface area contributed by atoms with Gasteiger partial charge in [-0.15, -0.1) is 0 Å². The summed E-state index contributed by atoms with van der Waals surface area (Å²) in [7, 11) is 2.90. The Morgan fingerprint density at radius 3 is 2.35 bits per heavy atom. The maximum Gasteiger partial charge on any atom is 0.258 e. The highest BCUT2D eigenvalue weighted by Crippen LogP contribution is 2.28. The van der Waals surface area contributed by atoms with Gasteiger partial charge in [-0.1, -0.05) is 6.07 Å². The minimum absolute atomic E-state index is 0.0128. The number of ether oxygens (including phenoxy) is 1. The molecule has 0 atom stereocenters. The number of nitrogens with one attached hydrogen (secondary N) is 3. The fraction of sp³-hybridized carbons (Fsp3) is 0.294. The first-order chi connectivity index (χ1) is 12.3. The molecular weight excluding hydrogens is 336 g/mol. The number of methoxy groups -OCH3 is 1. The van der Waals surface area contributed by atoms with Gasteiger partial charge in [-0.2, -0.15) is 9.97 Å². The van der Waals surface area contributed by atoms with Crippen LogP contribution in [0.2, 0.25) is 0 Å². The summed E-state index contributed by atoms with van der Waals surface area (Å²) in [6, 6.07) is 5.84. The van der Waals surface area contributed by atoms with E-state index in [2.05, 4.69) is 25.9 Å². The number of hydrogen-bond donors (Lipinski definition) is 4. The lowest BCUT2D eigenvalue weighted by Gasteiger charge is -2.15. The van der Waals surface area contributed by atoms with Crippen molar-refractivity contribution in [1.82, 2.24) is 15.3 Å². The average molecular weight is 358 g/mol. The molecule has 2 aromatic rings. The van der Waals surface area contributed by atoms with Gasteiger partial charge in [0, 0.05) is 12.7 Å². The highest BCUT2D eigenvalue weighted by Gasteiger charge is 2.20. The zero-order chi connectivity index (χ0) is 19.3. The molecule has 5 N–H and O–H groups in total. The Kier molecular flexibility index (Phi) is 5.94. The van der Waals surface area contributed by atoms with E-state index >= 15 is 0 Å². The number of nitrogens with two attached hydrogens (primary N) is 1. The van der Waals surface area contributed by atoms with E-state index in [1.165, 1.54) is 14.2 Å².